The van der Waals surface area contributed by atoms with E-state index in [0.717, 1.165) is 0 Å². The maximum Gasteiger partial charge on any atom is 0.323 e. The van der Waals surface area contributed by atoms with Gasteiger partial charge in [0.1, 0.15) is 12.4 Å². The van der Waals surface area contributed by atoms with Crippen molar-refractivity contribution < 1.29 is 14.7 Å². The highest BCUT2D eigenvalue weighted by Crippen LogP contribution is 2.10. The first-order valence-corrected chi connectivity index (χ1v) is 4.88. The minimum absolute atomic E-state index is 0.186. The number of amides is 1. The maximum atomic E-state index is 10.8. The molecule has 0 aromatic carbocycles. The molecule has 0 aliphatic rings. The van der Waals surface area contributed by atoms with E-state index in [9.17, 15) is 9.59 Å². The molecule has 1 heterocycles. The summed E-state index contributed by atoms with van der Waals surface area (Å²) in [6.45, 7) is 3.71. The Morgan fingerprint density at radius 1 is 1.53 bits per heavy atom. The van der Waals surface area contributed by atoms with E-state index in [1.54, 1.807) is 12.1 Å². The molecule has 6 heteroatoms. The number of carboxylic acids is 1. The van der Waals surface area contributed by atoms with Crippen LogP contribution in [-0.4, -0.2) is 35.1 Å². The number of carbonyl (C=O) groups is 2. The minimum atomic E-state index is -0.965. The summed E-state index contributed by atoms with van der Waals surface area (Å²) in [4.78, 5) is 27.0. The van der Waals surface area contributed by atoms with Gasteiger partial charge in [-0.25, -0.2) is 4.98 Å². The van der Waals surface area contributed by atoms with Crippen molar-refractivity contribution in [2.45, 2.75) is 0 Å². The Morgan fingerprint density at radius 3 is 2.65 bits per heavy atom. The van der Waals surface area contributed by atoms with Gasteiger partial charge in [-0.3, -0.25) is 9.59 Å². The van der Waals surface area contributed by atoms with Gasteiger partial charge in [0.25, 0.3) is 0 Å². The number of carbonyl (C=O) groups excluding carboxylic acids is 1. The van der Waals surface area contributed by atoms with Crippen LogP contribution in [0.4, 0.5) is 5.82 Å². The molecule has 0 atom stereocenters. The molecular formula is C11H13N3O3. The summed E-state index contributed by atoms with van der Waals surface area (Å²) in [5.41, 5.74) is 5.36. The Balaban J connectivity index is 2.90. The largest absolute Gasteiger partial charge is 0.480 e. The third-order valence-corrected chi connectivity index (χ3v) is 2.03. The van der Waals surface area contributed by atoms with Crippen LogP contribution in [0.2, 0.25) is 0 Å². The highest BCUT2D eigenvalue weighted by atomic mass is 16.4. The molecule has 0 fully saturated rings. The topological polar surface area (TPSA) is 96.5 Å². The van der Waals surface area contributed by atoms with Gasteiger partial charge in [-0.15, -0.1) is 6.58 Å². The van der Waals surface area contributed by atoms with Crippen molar-refractivity contribution in [1.82, 2.24) is 4.98 Å². The van der Waals surface area contributed by atoms with Gasteiger partial charge in [0.2, 0.25) is 5.91 Å². The Labute approximate surface area is 98.4 Å². The summed E-state index contributed by atoms with van der Waals surface area (Å²) in [5.74, 6) is -1.08. The number of anilines is 1. The molecule has 0 saturated carbocycles. The van der Waals surface area contributed by atoms with Crippen LogP contribution >= 0.6 is 0 Å². The van der Waals surface area contributed by atoms with Crippen LogP contribution < -0.4 is 10.6 Å². The Morgan fingerprint density at radius 2 is 2.24 bits per heavy atom. The van der Waals surface area contributed by atoms with Gasteiger partial charge in [-0.1, -0.05) is 6.08 Å². The number of hydrogen-bond donors (Lipinski definition) is 2. The fourth-order valence-electron chi connectivity index (χ4n) is 1.28. The molecule has 1 amide bonds. The molecule has 90 valence electrons. The van der Waals surface area contributed by atoms with Crippen molar-refractivity contribution in [1.29, 1.82) is 0 Å². The summed E-state index contributed by atoms with van der Waals surface area (Å²) in [7, 11) is 0. The van der Waals surface area contributed by atoms with Crippen LogP contribution in [0.1, 0.15) is 10.4 Å². The molecule has 0 saturated heterocycles. The molecular weight excluding hydrogens is 222 g/mol. The average molecular weight is 235 g/mol. The maximum absolute atomic E-state index is 10.8. The molecule has 1 rings (SSSR count). The van der Waals surface area contributed by atoms with Crippen LogP contribution in [0.5, 0.6) is 0 Å². The van der Waals surface area contributed by atoms with Crippen molar-refractivity contribution in [2.24, 2.45) is 5.73 Å². The van der Waals surface area contributed by atoms with Gasteiger partial charge >= 0.3 is 5.97 Å². The molecule has 0 bridgehead atoms. The van der Waals surface area contributed by atoms with Crippen molar-refractivity contribution in [2.75, 3.05) is 18.0 Å². The number of carboxylic acid groups (broad SMARTS) is 1. The lowest BCUT2D eigenvalue weighted by Gasteiger charge is -2.19. The monoisotopic (exact) mass is 235 g/mol. The van der Waals surface area contributed by atoms with E-state index < -0.39 is 11.9 Å². The number of aliphatic carboxylic acids is 1. The Hall–Kier alpha value is -2.37. The zero-order valence-electron chi connectivity index (χ0n) is 9.17. The van der Waals surface area contributed by atoms with Crippen LogP contribution in [0, 0.1) is 0 Å². The third kappa shape index (κ3) is 3.60. The smallest absolute Gasteiger partial charge is 0.323 e. The molecule has 0 spiro atoms. The van der Waals surface area contributed by atoms with Gasteiger partial charge in [-0.2, -0.15) is 0 Å². The van der Waals surface area contributed by atoms with E-state index in [2.05, 4.69) is 11.6 Å². The first-order valence-electron chi connectivity index (χ1n) is 4.88. The fourth-order valence-corrected chi connectivity index (χ4v) is 1.28. The predicted molar refractivity (Wildman–Crippen MR) is 62.8 cm³/mol. The van der Waals surface area contributed by atoms with Gasteiger partial charge in [0.05, 0.1) is 5.56 Å². The van der Waals surface area contributed by atoms with Crippen LogP contribution in [0.3, 0.4) is 0 Å². The van der Waals surface area contributed by atoms with Crippen molar-refractivity contribution in [3.05, 3.63) is 36.5 Å². The lowest BCUT2D eigenvalue weighted by Crippen LogP contribution is -2.30. The SMILES string of the molecule is C=CCN(CC(=O)O)c1ccc(C(N)=O)cn1. The Bertz CT molecular complexity index is 428. The highest BCUT2D eigenvalue weighted by Gasteiger charge is 2.11. The molecule has 1 aromatic heterocycles. The van der Waals surface area contributed by atoms with E-state index in [1.807, 2.05) is 0 Å². The zero-order chi connectivity index (χ0) is 12.8. The summed E-state index contributed by atoms with van der Waals surface area (Å²) in [5, 5.41) is 8.74. The third-order valence-electron chi connectivity index (χ3n) is 2.03. The summed E-state index contributed by atoms with van der Waals surface area (Å²) in [6.07, 6.45) is 2.89. The van der Waals surface area contributed by atoms with Gasteiger partial charge in [-0.05, 0) is 12.1 Å². The number of aromatic nitrogens is 1. The van der Waals surface area contributed by atoms with Crippen molar-refractivity contribution in [3.63, 3.8) is 0 Å². The summed E-state index contributed by atoms with van der Waals surface area (Å²) >= 11 is 0. The Kier molecular flexibility index (Phi) is 4.21. The molecule has 0 radical (unpaired) electrons. The molecule has 3 N–H and O–H groups in total. The number of pyridine rings is 1. The lowest BCUT2D eigenvalue weighted by molar-refractivity contribution is -0.135. The second kappa shape index (κ2) is 5.64. The first-order chi connectivity index (χ1) is 8.04. The predicted octanol–water partition coefficient (Wildman–Crippen LogP) is 0.257. The molecule has 1 aromatic rings. The van der Waals surface area contributed by atoms with E-state index >= 15 is 0 Å². The molecule has 6 nitrogen and oxygen atoms in total. The van der Waals surface area contributed by atoms with Crippen LogP contribution in [0.15, 0.2) is 31.0 Å². The van der Waals surface area contributed by atoms with E-state index in [1.165, 1.54) is 17.2 Å². The van der Waals surface area contributed by atoms with Crippen LogP contribution in [0.25, 0.3) is 0 Å². The second-order valence-corrected chi connectivity index (χ2v) is 3.33. The van der Waals surface area contributed by atoms with E-state index in [0.29, 0.717) is 12.4 Å². The van der Waals surface area contributed by atoms with Gasteiger partial charge in [0, 0.05) is 12.7 Å². The molecule has 0 aliphatic heterocycles. The molecule has 0 aliphatic carbocycles. The van der Waals surface area contributed by atoms with Crippen molar-refractivity contribution in [3.8, 4) is 0 Å². The fraction of sp³-hybridized carbons (Fsp3) is 0.182. The minimum Gasteiger partial charge on any atom is -0.480 e. The number of nitrogens with zero attached hydrogens (tertiary/aromatic N) is 2. The number of primary amides is 1. The zero-order valence-corrected chi connectivity index (χ0v) is 9.17. The highest BCUT2D eigenvalue weighted by molar-refractivity contribution is 5.92. The number of rotatable bonds is 6. The normalized spacial score (nSPS) is 9.65. The second-order valence-electron chi connectivity index (χ2n) is 3.33. The first kappa shape index (κ1) is 12.7. The average Bonchev–Trinajstić information content (AvgIpc) is 2.28. The number of nitrogens with two attached hydrogens (primary N) is 1. The van der Waals surface area contributed by atoms with E-state index in [-0.39, 0.29) is 12.1 Å². The molecule has 17 heavy (non-hydrogen) atoms. The molecule has 0 unspecified atom stereocenters. The lowest BCUT2D eigenvalue weighted by atomic mass is 10.2. The summed E-state index contributed by atoms with van der Waals surface area (Å²) < 4.78 is 0. The van der Waals surface area contributed by atoms with Crippen LogP contribution in [-0.2, 0) is 4.79 Å². The van der Waals surface area contributed by atoms with E-state index in [4.69, 9.17) is 10.8 Å². The van der Waals surface area contributed by atoms with Gasteiger partial charge < -0.3 is 15.7 Å². The summed E-state index contributed by atoms with van der Waals surface area (Å²) in [6, 6.07) is 3.05. The van der Waals surface area contributed by atoms with Gasteiger partial charge in [0.15, 0.2) is 0 Å². The quantitative estimate of drug-likeness (QED) is 0.689. The number of hydrogen-bond acceptors (Lipinski definition) is 4. The standard InChI is InChI=1S/C11H13N3O3/c1-2-5-14(7-10(15)16)9-4-3-8(6-13-9)11(12)17/h2-4,6H,1,5,7H2,(H2,12,17)(H,15,16). The van der Waals surface area contributed by atoms with Crippen molar-refractivity contribution >= 4 is 17.7 Å².